The molecule has 1 aromatic carbocycles. The third-order valence-corrected chi connectivity index (χ3v) is 3.83. The standard InChI is InChI=1S/C16H19ClN2O4/c1-11(16(22)19-8-2-3-9-19)23-14(20)10-18-15(21)12-4-6-13(17)7-5-12/h4-7,11H,2-3,8-10H2,1H3,(H,18,21)/t11-/m1/s1. The summed E-state index contributed by atoms with van der Waals surface area (Å²) in [6, 6.07) is 6.29. The Morgan fingerprint density at radius 1 is 1.22 bits per heavy atom. The zero-order valence-electron chi connectivity index (χ0n) is 12.9. The van der Waals surface area contributed by atoms with E-state index in [-0.39, 0.29) is 12.5 Å². The summed E-state index contributed by atoms with van der Waals surface area (Å²) < 4.78 is 5.06. The Morgan fingerprint density at radius 3 is 2.43 bits per heavy atom. The number of ether oxygens (including phenoxy) is 1. The van der Waals surface area contributed by atoms with Crippen LogP contribution in [0.2, 0.25) is 5.02 Å². The van der Waals surface area contributed by atoms with Crippen LogP contribution in [-0.2, 0) is 14.3 Å². The first-order valence-corrected chi connectivity index (χ1v) is 7.87. The first kappa shape index (κ1) is 17.3. The third kappa shape index (κ3) is 4.96. The van der Waals surface area contributed by atoms with Crippen molar-refractivity contribution in [1.29, 1.82) is 0 Å². The van der Waals surface area contributed by atoms with E-state index in [1.165, 1.54) is 0 Å². The molecular weight excluding hydrogens is 320 g/mol. The highest BCUT2D eigenvalue weighted by atomic mass is 35.5. The third-order valence-electron chi connectivity index (χ3n) is 3.57. The molecule has 0 aliphatic carbocycles. The largest absolute Gasteiger partial charge is 0.451 e. The van der Waals surface area contributed by atoms with Crippen molar-refractivity contribution in [3.63, 3.8) is 0 Å². The van der Waals surface area contributed by atoms with Crippen LogP contribution in [0.1, 0.15) is 30.1 Å². The SMILES string of the molecule is C[C@@H](OC(=O)CNC(=O)c1ccc(Cl)cc1)C(=O)N1CCCC1. The predicted octanol–water partition coefficient (Wildman–Crippen LogP) is 1.62. The summed E-state index contributed by atoms with van der Waals surface area (Å²) >= 11 is 5.74. The molecule has 0 spiro atoms. The quantitative estimate of drug-likeness (QED) is 0.828. The van der Waals surface area contributed by atoms with Gasteiger partial charge in [0, 0.05) is 23.7 Å². The lowest BCUT2D eigenvalue weighted by Crippen LogP contribution is -2.40. The molecule has 1 saturated heterocycles. The van der Waals surface area contributed by atoms with E-state index >= 15 is 0 Å². The van der Waals surface area contributed by atoms with Crippen molar-refractivity contribution >= 4 is 29.4 Å². The first-order valence-electron chi connectivity index (χ1n) is 7.49. The van der Waals surface area contributed by atoms with E-state index in [0.717, 1.165) is 12.8 Å². The van der Waals surface area contributed by atoms with E-state index < -0.39 is 18.0 Å². The minimum atomic E-state index is -0.840. The van der Waals surface area contributed by atoms with Gasteiger partial charge in [-0.25, -0.2) is 0 Å². The molecule has 1 aliphatic rings. The molecule has 0 aromatic heterocycles. The molecule has 6 nitrogen and oxygen atoms in total. The van der Waals surface area contributed by atoms with Crippen molar-refractivity contribution in [3.8, 4) is 0 Å². The molecule has 2 amide bonds. The molecule has 2 rings (SSSR count). The van der Waals surface area contributed by atoms with Gasteiger partial charge in [0.15, 0.2) is 6.10 Å². The fraction of sp³-hybridized carbons (Fsp3) is 0.438. The van der Waals surface area contributed by atoms with Gasteiger partial charge in [-0.05, 0) is 44.0 Å². The predicted molar refractivity (Wildman–Crippen MR) is 85.2 cm³/mol. The molecule has 23 heavy (non-hydrogen) atoms. The van der Waals surface area contributed by atoms with Gasteiger partial charge in [-0.1, -0.05) is 11.6 Å². The Morgan fingerprint density at radius 2 is 1.83 bits per heavy atom. The summed E-state index contributed by atoms with van der Waals surface area (Å²) in [6.07, 6.45) is 1.11. The van der Waals surface area contributed by atoms with Gasteiger partial charge in [0.25, 0.3) is 11.8 Å². The van der Waals surface area contributed by atoms with Gasteiger partial charge in [-0.15, -0.1) is 0 Å². The highest BCUT2D eigenvalue weighted by Gasteiger charge is 2.25. The molecule has 0 saturated carbocycles. The lowest BCUT2D eigenvalue weighted by Gasteiger charge is -2.20. The van der Waals surface area contributed by atoms with Gasteiger partial charge in [-0.2, -0.15) is 0 Å². The maximum Gasteiger partial charge on any atom is 0.326 e. The van der Waals surface area contributed by atoms with Gasteiger partial charge >= 0.3 is 5.97 Å². The molecule has 0 unspecified atom stereocenters. The van der Waals surface area contributed by atoms with Gasteiger partial charge < -0.3 is 15.0 Å². The van der Waals surface area contributed by atoms with Crippen LogP contribution >= 0.6 is 11.6 Å². The highest BCUT2D eigenvalue weighted by Crippen LogP contribution is 2.11. The molecule has 1 atom stereocenters. The lowest BCUT2D eigenvalue weighted by molar-refractivity contribution is -0.157. The van der Waals surface area contributed by atoms with Gasteiger partial charge in [0.1, 0.15) is 6.54 Å². The number of halogens is 1. The van der Waals surface area contributed by atoms with Crippen LogP contribution in [0.15, 0.2) is 24.3 Å². The maximum atomic E-state index is 12.0. The van der Waals surface area contributed by atoms with E-state index in [2.05, 4.69) is 5.32 Å². The molecule has 0 radical (unpaired) electrons. The molecule has 7 heteroatoms. The van der Waals surface area contributed by atoms with Gasteiger partial charge in [-0.3, -0.25) is 14.4 Å². The zero-order chi connectivity index (χ0) is 16.8. The number of hydrogen-bond acceptors (Lipinski definition) is 4. The number of hydrogen-bond donors (Lipinski definition) is 1. The molecular formula is C16H19ClN2O4. The number of benzene rings is 1. The number of nitrogens with zero attached hydrogens (tertiary/aromatic N) is 1. The number of carbonyl (C=O) groups is 3. The topological polar surface area (TPSA) is 75.7 Å². The number of carbonyl (C=O) groups excluding carboxylic acids is 3. The number of rotatable bonds is 5. The summed E-state index contributed by atoms with van der Waals surface area (Å²) in [7, 11) is 0. The van der Waals surface area contributed by atoms with E-state index in [0.29, 0.717) is 23.7 Å². The maximum absolute atomic E-state index is 12.0. The van der Waals surface area contributed by atoms with Crippen LogP contribution in [0.5, 0.6) is 0 Å². The Kier molecular flexibility index (Phi) is 5.98. The summed E-state index contributed by atoms with van der Waals surface area (Å²) in [4.78, 5) is 37.3. The number of nitrogens with one attached hydrogen (secondary N) is 1. The Balaban J connectivity index is 1.76. The summed E-state index contributed by atoms with van der Waals surface area (Å²) in [5.41, 5.74) is 0.392. The zero-order valence-corrected chi connectivity index (χ0v) is 13.6. The summed E-state index contributed by atoms with van der Waals surface area (Å²) in [5.74, 6) is -1.25. The van der Waals surface area contributed by atoms with Crippen molar-refractivity contribution in [2.45, 2.75) is 25.9 Å². The molecule has 124 valence electrons. The van der Waals surface area contributed by atoms with Crippen molar-refractivity contribution < 1.29 is 19.1 Å². The minimum Gasteiger partial charge on any atom is -0.451 e. The Hall–Kier alpha value is -2.08. The molecule has 1 aliphatic heterocycles. The second-order valence-corrected chi connectivity index (χ2v) is 5.79. The molecule has 0 bridgehead atoms. The first-order chi connectivity index (χ1) is 11.0. The van der Waals surface area contributed by atoms with Crippen LogP contribution in [-0.4, -0.2) is 48.4 Å². The molecule has 1 N–H and O–H groups in total. The Labute approximate surface area is 139 Å². The average molecular weight is 339 g/mol. The molecule has 1 aromatic rings. The van der Waals surface area contributed by atoms with Crippen LogP contribution in [0.3, 0.4) is 0 Å². The number of likely N-dealkylation sites (tertiary alicyclic amines) is 1. The summed E-state index contributed by atoms with van der Waals surface area (Å²) in [5, 5.41) is 2.97. The van der Waals surface area contributed by atoms with E-state index in [1.807, 2.05) is 0 Å². The van der Waals surface area contributed by atoms with Gasteiger partial charge in [0.2, 0.25) is 0 Å². The average Bonchev–Trinajstić information content (AvgIpc) is 3.06. The van der Waals surface area contributed by atoms with Crippen molar-refractivity contribution in [3.05, 3.63) is 34.9 Å². The lowest BCUT2D eigenvalue weighted by atomic mass is 10.2. The smallest absolute Gasteiger partial charge is 0.326 e. The van der Waals surface area contributed by atoms with Crippen LogP contribution in [0.4, 0.5) is 0 Å². The second kappa shape index (κ2) is 7.97. The van der Waals surface area contributed by atoms with E-state index in [9.17, 15) is 14.4 Å². The van der Waals surface area contributed by atoms with Crippen molar-refractivity contribution in [2.75, 3.05) is 19.6 Å². The monoisotopic (exact) mass is 338 g/mol. The molecule has 1 heterocycles. The minimum absolute atomic E-state index is 0.195. The fourth-order valence-electron chi connectivity index (χ4n) is 2.34. The van der Waals surface area contributed by atoms with Crippen LogP contribution in [0, 0.1) is 0 Å². The summed E-state index contributed by atoms with van der Waals surface area (Å²) in [6.45, 7) is 2.65. The van der Waals surface area contributed by atoms with Crippen molar-refractivity contribution in [1.82, 2.24) is 10.2 Å². The normalized spacial score (nSPS) is 15.1. The number of esters is 1. The van der Waals surface area contributed by atoms with Crippen molar-refractivity contribution in [2.24, 2.45) is 0 Å². The van der Waals surface area contributed by atoms with Crippen LogP contribution < -0.4 is 5.32 Å². The van der Waals surface area contributed by atoms with Gasteiger partial charge in [0.05, 0.1) is 0 Å². The second-order valence-electron chi connectivity index (χ2n) is 5.35. The van der Waals surface area contributed by atoms with E-state index in [4.69, 9.17) is 16.3 Å². The fourth-order valence-corrected chi connectivity index (χ4v) is 2.47. The number of amides is 2. The molecule has 1 fully saturated rings. The van der Waals surface area contributed by atoms with Crippen LogP contribution in [0.25, 0.3) is 0 Å². The Bertz CT molecular complexity index is 582. The van der Waals surface area contributed by atoms with E-state index in [1.54, 1.807) is 36.1 Å². The highest BCUT2D eigenvalue weighted by molar-refractivity contribution is 6.30.